The molecule has 1 aliphatic heterocycles. The molecule has 1 aliphatic rings. The fourth-order valence-electron chi connectivity index (χ4n) is 4.13. The highest BCUT2D eigenvalue weighted by atomic mass is 16.5. The van der Waals surface area contributed by atoms with Crippen LogP contribution >= 0.6 is 0 Å². The summed E-state index contributed by atoms with van der Waals surface area (Å²) in [5.41, 5.74) is 2.20. The Balaban J connectivity index is 1.49. The second-order valence-corrected chi connectivity index (χ2v) is 8.70. The zero-order chi connectivity index (χ0) is 22.1. The Morgan fingerprint density at radius 1 is 1.13 bits per heavy atom. The molecule has 31 heavy (non-hydrogen) atoms. The van der Waals surface area contributed by atoms with Crippen molar-refractivity contribution >= 4 is 0 Å². The highest BCUT2D eigenvalue weighted by Gasteiger charge is 2.15. The summed E-state index contributed by atoms with van der Waals surface area (Å²) in [5.74, 6) is 2.32. The van der Waals surface area contributed by atoms with Crippen molar-refractivity contribution in [2.45, 2.75) is 58.2 Å². The zero-order valence-electron chi connectivity index (χ0n) is 19.3. The smallest absolute Gasteiger partial charge is 0.161 e. The number of benzene rings is 1. The number of aromatic nitrogens is 2. The summed E-state index contributed by atoms with van der Waals surface area (Å²) in [4.78, 5) is 12.2. The van der Waals surface area contributed by atoms with Gasteiger partial charge in [-0.15, -0.1) is 0 Å². The van der Waals surface area contributed by atoms with Crippen molar-refractivity contribution in [3.05, 3.63) is 41.5 Å². The van der Waals surface area contributed by atoms with Gasteiger partial charge in [0, 0.05) is 25.0 Å². The molecule has 1 unspecified atom stereocenters. The molecule has 0 bridgehead atoms. The van der Waals surface area contributed by atoms with Gasteiger partial charge in [-0.2, -0.15) is 0 Å². The van der Waals surface area contributed by atoms with Crippen LogP contribution in [0.3, 0.4) is 0 Å². The van der Waals surface area contributed by atoms with Crippen LogP contribution in [0.1, 0.15) is 49.2 Å². The summed E-state index contributed by atoms with van der Waals surface area (Å²) in [7, 11) is 3.72. The molecular formula is C24H38N4O3. The molecule has 172 valence electrons. The Morgan fingerprint density at radius 3 is 2.55 bits per heavy atom. The van der Waals surface area contributed by atoms with E-state index in [1.807, 2.05) is 31.3 Å². The molecule has 0 radical (unpaired) electrons. The van der Waals surface area contributed by atoms with Gasteiger partial charge in [0.2, 0.25) is 0 Å². The van der Waals surface area contributed by atoms with Crippen molar-refractivity contribution in [2.75, 3.05) is 40.4 Å². The van der Waals surface area contributed by atoms with E-state index in [9.17, 15) is 5.11 Å². The van der Waals surface area contributed by atoms with Crippen molar-refractivity contribution in [1.29, 1.82) is 0 Å². The molecule has 2 aromatic rings. The number of likely N-dealkylation sites (tertiary alicyclic amines) is 1. The predicted octanol–water partition coefficient (Wildman–Crippen LogP) is 3.36. The molecule has 1 saturated heterocycles. The second-order valence-electron chi connectivity index (χ2n) is 8.70. The Bertz CT molecular complexity index is 787. The largest absolute Gasteiger partial charge is 0.493 e. The Morgan fingerprint density at radius 2 is 1.87 bits per heavy atom. The van der Waals surface area contributed by atoms with Gasteiger partial charge in [-0.25, -0.2) is 4.98 Å². The predicted molar refractivity (Wildman–Crippen MR) is 123 cm³/mol. The minimum atomic E-state index is -0.508. The lowest BCUT2D eigenvalue weighted by Crippen LogP contribution is -2.37. The third-order valence-electron chi connectivity index (χ3n) is 5.70. The summed E-state index contributed by atoms with van der Waals surface area (Å²) in [6.07, 6.45) is 7.71. The monoisotopic (exact) mass is 430 g/mol. The Kier molecular flexibility index (Phi) is 9.18. The van der Waals surface area contributed by atoms with E-state index in [4.69, 9.17) is 9.47 Å². The van der Waals surface area contributed by atoms with E-state index in [0.717, 1.165) is 43.3 Å². The van der Waals surface area contributed by atoms with Crippen molar-refractivity contribution in [1.82, 2.24) is 19.8 Å². The van der Waals surface area contributed by atoms with Gasteiger partial charge in [-0.1, -0.05) is 25.3 Å². The minimum Gasteiger partial charge on any atom is -0.493 e. The van der Waals surface area contributed by atoms with Crippen LogP contribution in [0.5, 0.6) is 11.5 Å². The number of aliphatic hydroxyl groups excluding tert-OH is 1. The quantitative estimate of drug-likeness (QED) is 0.602. The maximum atomic E-state index is 10.5. The van der Waals surface area contributed by atoms with E-state index >= 15 is 0 Å². The van der Waals surface area contributed by atoms with E-state index in [-0.39, 0.29) is 6.61 Å². The normalized spacial score (nSPS) is 16.7. The molecule has 2 heterocycles. The van der Waals surface area contributed by atoms with Gasteiger partial charge in [0.15, 0.2) is 11.5 Å². The van der Waals surface area contributed by atoms with Crippen LogP contribution in [-0.2, 0) is 13.1 Å². The highest BCUT2D eigenvalue weighted by molar-refractivity contribution is 5.43. The van der Waals surface area contributed by atoms with E-state index in [1.165, 1.54) is 32.1 Å². The first-order chi connectivity index (χ1) is 15.0. The van der Waals surface area contributed by atoms with Gasteiger partial charge < -0.3 is 24.5 Å². The molecule has 2 N–H and O–H groups in total. The first kappa shape index (κ1) is 23.6. The standard InChI is InChI=1S/C24H38N4O3/c1-19-14-25-24(26-19)17-27(2)15-20-9-10-22(23(13-20)30-3)31-18-21(29)16-28-11-7-5-4-6-8-12-28/h9-10,13-14,21,29H,4-8,11-12,15-18H2,1-3H3,(H,25,26). The molecule has 1 fully saturated rings. The van der Waals surface area contributed by atoms with Crippen LogP contribution in [0, 0.1) is 6.92 Å². The van der Waals surface area contributed by atoms with Crippen LogP contribution in [-0.4, -0.2) is 71.4 Å². The molecule has 3 rings (SSSR count). The molecule has 1 aromatic carbocycles. The lowest BCUT2D eigenvalue weighted by Gasteiger charge is -2.26. The molecule has 1 atom stereocenters. The molecule has 0 spiro atoms. The highest BCUT2D eigenvalue weighted by Crippen LogP contribution is 2.29. The van der Waals surface area contributed by atoms with Crippen LogP contribution in [0.4, 0.5) is 0 Å². The summed E-state index contributed by atoms with van der Waals surface area (Å²) in [6.45, 7) is 6.60. The number of methoxy groups -OCH3 is 1. The molecular weight excluding hydrogens is 392 g/mol. The van der Waals surface area contributed by atoms with E-state index in [0.29, 0.717) is 18.0 Å². The van der Waals surface area contributed by atoms with Crippen molar-refractivity contribution < 1.29 is 14.6 Å². The maximum Gasteiger partial charge on any atom is 0.161 e. The lowest BCUT2D eigenvalue weighted by molar-refractivity contribution is 0.0645. The number of aryl methyl sites for hydroxylation is 1. The number of ether oxygens (including phenoxy) is 2. The SMILES string of the molecule is COc1cc(CN(C)Cc2ncc(C)[nH]2)ccc1OCC(O)CN1CCCCCCC1. The number of nitrogens with zero attached hydrogens (tertiary/aromatic N) is 3. The molecule has 7 nitrogen and oxygen atoms in total. The van der Waals surface area contributed by atoms with Gasteiger partial charge in [-0.05, 0) is 57.6 Å². The Hall–Kier alpha value is -2.09. The number of hydrogen-bond donors (Lipinski definition) is 2. The molecule has 0 amide bonds. The number of β-amino-alcohol motifs (C(OH)–C–C–N with tert-alkyl or cyclic N) is 1. The van der Waals surface area contributed by atoms with Crippen LogP contribution in [0.15, 0.2) is 24.4 Å². The Labute approximate surface area is 186 Å². The van der Waals surface area contributed by atoms with Crippen LogP contribution in [0.2, 0.25) is 0 Å². The lowest BCUT2D eigenvalue weighted by atomic mass is 10.1. The van der Waals surface area contributed by atoms with Crippen molar-refractivity contribution in [2.24, 2.45) is 0 Å². The van der Waals surface area contributed by atoms with Gasteiger partial charge in [-0.3, -0.25) is 4.90 Å². The average Bonchev–Trinajstić information content (AvgIpc) is 3.13. The van der Waals surface area contributed by atoms with Crippen LogP contribution in [0.25, 0.3) is 0 Å². The van der Waals surface area contributed by atoms with Crippen LogP contribution < -0.4 is 9.47 Å². The van der Waals surface area contributed by atoms with Gasteiger partial charge in [0.25, 0.3) is 0 Å². The number of rotatable bonds is 10. The number of hydrogen-bond acceptors (Lipinski definition) is 6. The molecule has 7 heteroatoms. The van der Waals surface area contributed by atoms with Gasteiger partial charge >= 0.3 is 0 Å². The van der Waals surface area contributed by atoms with Crippen molar-refractivity contribution in [3.63, 3.8) is 0 Å². The number of aromatic amines is 1. The minimum absolute atomic E-state index is 0.268. The maximum absolute atomic E-state index is 10.5. The number of nitrogens with one attached hydrogen (secondary N) is 1. The topological polar surface area (TPSA) is 73.8 Å². The fraction of sp³-hybridized carbons (Fsp3) is 0.625. The first-order valence-corrected chi connectivity index (χ1v) is 11.4. The molecule has 0 saturated carbocycles. The van der Waals surface area contributed by atoms with Crippen molar-refractivity contribution in [3.8, 4) is 11.5 Å². The molecule has 1 aromatic heterocycles. The van der Waals surface area contributed by atoms with E-state index in [1.54, 1.807) is 7.11 Å². The summed E-state index contributed by atoms with van der Waals surface area (Å²) < 4.78 is 11.5. The second kappa shape index (κ2) is 12.1. The molecule has 0 aliphatic carbocycles. The number of imidazole rings is 1. The van der Waals surface area contributed by atoms with E-state index < -0.39 is 6.10 Å². The van der Waals surface area contributed by atoms with Gasteiger partial charge in [0.1, 0.15) is 18.5 Å². The fourth-order valence-corrected chi connectivity index (χ4v) is 4.13. The third kappa shape index (κ3) is 7.83. The number of aliphatic hydroxyl groups is 1. The summed E-state index contributed by atoms with van der Waals surface area (Å²) in [5, 5.41) is 10.5. The third-order valence-corrected chi connectivity index (χ3v) is 5.70. The zero-order valence-corrected chi connectivity index (χ0v) is 19.3. The summed E-state index contributed by atoms with van der Waals surface area (Å²) in [6, 6.07) is 5.98. The number of H-pyrrole nitrogens is 1. The summed E-state index contributed by atoms with van der Waals surface area (Å²) >= 11 is 0. The average molecular weight is 431 g/mol. The van der Waals surface area contributed by atoms with Gasteiger partial charge in [0.05, 0.1) is 13.7 Å². The first-order valence-electron chi connectivity index (χ1n) is 11.4. The van der Waals surface area contributed by atoms with E-state index in [2.05, 4.69) is 26.8 Å².